The van der Waals surface area contributed by atoms with Crippen molar-refractivity contribution in [3.8, 4) is 0 Å². The molecule has 0 unspecified atom stereocenters. The molecule has 0 aliphatic rings. The van der Waals surface area contributed by atoms with E-state index < -0.39 is 5.95 Å². The molecule has 5 heteroatoms. The van der Waals surface area contributed by atoms with Crippen LogP contribution in [0, 0.1) is 5.95 Å². The predicted octanol–water partition coefficient (Wildman–Crippen LogP) is 4.60. The zero-order valence-electron chi connectivity index (χ0n) is 12.0. The number of para-hydroxylation sites is 1. The highest BCUT2D eigenvalue weighted by atomic mass is 32.1. The minimum Gasteiger partial charge on any atom is -0.373 e. The Hall–Kier alpha value is -2.53. The number of aromatic nitrogens is 2. The van der Waals surface area contributed by atoms with E-state index in [1.54, 1.807) is 42.7 Å². The lowest BCUT2D eigenvalue weighted by Gasteiger charge is -2.00. The molecule has 0 aliphatic heterocycles. The third-order valence-electron chi connectivity index (χ3n) is 3.07. The number of benzene rings is 1. The van der Waals surface area contributed by atoms with Crippen LogP contribution in [0.15, 0.2) is 48.6 Å². The standard InChI is InChI=1S/C17H14FN3S/c1-19-15-11-10-12(17(18)21-15)6-2-5-9-16-20-13-7-3-4-8-14(13)22-16/h2-11H,1H3,(H,19,21). The fourth-order valence-corrected chi connectivity index (χ4v) is 2.85. The summed E-state index contributed by atoms with van der Waals surface area (Å²) in [6.45, 7) is 0. The molecule has 3 rings (SSSR count). The summed E-state index contributed by atoms with van der Waals surface area (Å²) in [6, 6.07) is 11.4. The minimum atomic E-state index is -0.489. The van der Waals surface area contributed by atoms with Crippen LogP contribution in [0.3, 0.4) is 0 Å². The quantitative estimate of drug-likeness (QED) is 0.565. The zero-order valence-corrected chi connectivity index (χ0v) is 12.8. The summed E-state index contributed by atoms with van der Waals surface area (Å²) in [5.74, 6) is 0.0242. The third-order valence-corrected chi connectivity index (χ3v) is 4.07. The summed E-state index contributed by atoms with van der Waals surface area (Å²) in [5.41, 5.74) is 1.45. The second kappa shape index (κ2) is 6.49. The molecular weight excluding hydrogens is 297 g/mol. The van der Waals surface area contributed by atoms with Crippen molar-refractivity contribution in [1.29, 1.82) is 0 Å². The number of hydrogen-bond acceptors (Lipinski definition) is 4. The van der Waals surface area contributed by atoms with E-state index in [1.807, 2.05) is 36.4 Å². The maximum atomic E-state index is 13.7. The maximum absolute atomic E-state index is 13.7. The highest BCUT2D eigenvalue weighted by molar-refractivity contribution is 7.19. The molecule has 1 aromatic carbocycles. The molecule has 2 aromatic heterocycles. The molecule has 0 bridgehead atoms. The van der Waals surface area contributed by atoms with Gasteiger partial charge in [0.25, 0.3) is 0 Å². The predicted molar refractivity (Wildman–Crippen MR) is 91.4 cm³/mol. The molecular formula is C17H14FN3S. The fourth-order valence-electron chi connectivity index (χ4n) is 1.97. The number of halogens is 1. The molecule has 3 aromatic rings. The van der Waals surface area contributed by atoms with Crippen molar-refractivity contribution in [3.63, 3.8) is 0 Å². The van der Waals surface area contributed by atoms with E-state index in [2.05, 4.69) is 15.3 Å². The second-order valence-electron chi connectivity index (χ2n) is 4.56. The first-order chi connectivity index (χ1) is 10.8. The lowest BCUT2D eigenvalue weighted by Crippen LogP contribution is -1.95. The Kier molecular flexibility index (Phi) is 4.25. The number of allylic oxidation sites excluding steroid dienone is 2. The highest BCUT2D eigenvalue weighted by Crippen LogP contribution is 2.22. The monoisotopic (exact) mass is 311 g/mol. The molecule has 0 aliphatic carbocycles. The normalized spacial score (nSPS) is 11.7. The number of pyridine rings is 1. The molecule has 0 atom stereocenters. The van der Waals surface area contributed by atoms with Crippen molar-refractivity contribution >= 4 is 39.5 Å². The molecule has 0 amide bonds. The van der Waals surface area contributed by atoms with Gasteiger partial charge in [0, 0.05) is 12.6 Å². The molecule has 2 heterocycles. The number of nitrogens with zero attached hydrogens (tertiary/aromatic N) is 2. The van der Waals surface area contributed by atoms with E-state index in [0.29, 0.717) is 11.4 Å². The first-order valence-electron chi connectivity index (χ1n) is 6.81. The molecule has 0 radical (unpaired) electrons. The summed E-state index contributed by atoms with van der Waals surface area (Å²) in [7, 11) is 1.71. The zero-order chi connectivity index (χ0) is 15.4. The summed E-state index contributed by atoms with van der Waals surface area (Å²) in [4.78, 5) is 8.29. The molecule has 0 saturated heterocycles. The summed E-state index contributed by atoms with van der Waals surface area (Å²) in [6.07, 6.45) is 7.23. The van der Waals surface area contributed by atoms with Crippen molar-refractivity contribution in [3.05, 3.63) is 65.1 Å². The smallest absolute Gasteiger partial charge is 0.222 e. The number of fused-ring (bicyclic) bond motifs is 1. The topological polar surface area (TPSA) is 37.8 Å². The Morgan fingerprint density at radius 1 is 1.05 bits per heavy atom. The molecule has 22 heavy (non-hydrogen) atoms. The van der Waals surface area contributed by atoms with Crippen LogP contribution < -0.4 is 5.32 Å². The molecule has 110 valence electrons. The van der Waals surface area contributed by atoms with Crippen LogP contribution in [0.5, 0.6) is 0 Å². The van der Waals surface area contributed by atoms with Gasteiger partial charge in [-0.3, -0.25) is 0 Å². The average Bonchev–Trinajstić information content (AvgIpc) is 2.95. The fraction of sp³-hybridized carbons (Fsp3) is 0.0588. The van der Waals surface area contributed by atoms with Gasteiger partial charge in [0.15, 0.2) is 0 Å². The first kappa shape index (κ1) is 14.4. The number of rotatable bonds is 4. The van der Waals surface area contributed by atoms with Gasteiger partial charge in [0.05, 0.1) is 10.2 Å². The SMILES string of the molecule is CNc1ccc(C=CC=Cc2nc3ccccc3s2)c(F)n1. The number of thiazole rings is 1. The summed E-state index contributed by atoms with van der Waals surface area (Å²) in [5, 5.41) is 3.73. The summed E-state index contributed by atoms with van der Waals surface area (Å²) >= 11 is 1.63. The van der Waals surface area contributed by atoms with E-state index >= 15 is 0 Å². The van der Waals surface area contributed by atoms with Gasteiger partial charge in [-0.15, -0.1) is 11.3 Å². The minimum absolute atomic E-state index is 0.452. The first-order valence-corrected chi connectivity index (χ1v) is 7.62. The molecule has 0 fully saturated rings. The van der Waals surface area contributed by atoms with Gasteiger partial charge in [-0.2, -0.15) is 4.39 Å². The summed E-state index contributed by atoms with van der Waals surface area (Å²) < 4.78 is 14.8. The van der Waals surface area contributed by atoms with E-state index in [4.69, 9.17) is 0 Å². The number of nitrogens with one attached hydrogen (secondary N) is 1. The van der Waals surface area contributed by atoms with Gasteiger partial charge in [-0.1, -0.05) is 30.4 Å². The van der Waals surface area contributed by atoms with Gasteiger partial charge in [-0.25, -0.2) is 9.97 Å². The highest BCUT2D eigenvalue weighted by Gasteiger charge is 2.01. The van der Waals surface area contributed by atoms with Gasteiger partial charge >= 0.3 is 0 Å². The van der Waals surface area contributed by atoms with Gasteiger partial charge < -0.3 is 5.32 Å². The van der Waals surface area contributed by atoms with Gasteiger partial charge in [-0.05, 0) is 30.3 Å². The van der Waals surface area contributed by atoms with Gasteiger partial charge in [0.1, 0.15) is 10.8 Å². The van der Waals surface area contributed by atoms with Crippen LogP contribution in [0.1, 0.15) is 10.6 Å². The molecule has 0 spiro atoms. The van der Waals surface area contributed by atoms with Crippen LogP contribution in [0.25, 0.3) is 22.4 Å². The Morgan fingerprint density at radius 2 is 1.86 bits per heavy atom. The lowest BCUT2D eigenvalue weighted by atomic mass is 10.2. The second-order valence-corrected chi connectivity index (χ2v) is 5.63. The average molecular weight is 311 g/mol. The number of anilines is 1. The van der Waals surface area contributed by atoms with Crippen LogP contribution in [0.2, 0.25) is 0 Å². The third kappa shape index (κ3) is 3.20. The molecule has 0 saturated carbocycles. The Morgan fingerprint density at radius 3 is 2.64 bits per heavy atom. The Balaban J connectivity index is 1.73. The molecule has 3 nitrogen and oxygen atoms in total. The van der Waals surface area contributed by atoms with Crippen molar-refractivity contribution in [2.24, 2.45) is 0 Å². The van der Waals surface area contributed by atoms with E-state index in [-0.39, 0.29) is 0 Å². The van der Waals surface area contributed by atoms with Gasteiger partial charge in [0.2, 0.25) is 5.95 Å². The molecule has 1 N–H and O–H groups in total. The van der Waals surface area contributed by atoms with Crippen molar-refractivity contribution in [2.75, 3.05) is 12.4 Å². The van der Waals surface area contributed by atoms with Crippen molar-refractivity contribution in [2.45, 2.75) is 0 Å². The lowest BCUT2D eigenvalue weighted by molar-refractivity contribution is 0.582. The van der Waals surface area contributed by atoms with Crippen molar-refractivity contribution in [1.82, 2.24) is 9.97 Å². The van der Waals surface area contributed by atoms with Crippen LogP contribution >= 0.6 is 11.3 Å². The van der Waals surface area contributed by atoms with E-state index in [1.165, 1.54) is 0 Å². The Bertz CT molecular complexity index is 819. The van der Waals surface area contributed by atoms with E-state index in [9.17, 15) is 4.39 Å². The largest absolute Gasteiger partial charge is 0.373 e. The van der Waals surface area contributed by atoms with Crippen LogP contribution in [-0.2, 0) is 0 Å². The van der Waals surface area contributed by atoms with Crippen LogP contribution in [0.4, 0.5) is 10.2 Å². The Labute approximate surface area is 131 Å². The van der Waals surface area contributed by atoms with E-state index in [0.717, 1.165) is 15.2 Å². The number of hydrogen-bond donors (Lipinski definition) is 1. The van der Waals surface area contributed by atoms with Crippen molar-refractivity contribution < 1.29 is 4.39 Å². The van der Waals surface area contributed by atoms with Crippen LogP contribution in [-0.4, -0.2) is 17.0 Å². The maximum Gasteiger partial charge on any atom is 0.222 e.